The van der Waals surface area contributed by atoms with Gasteiger partial charge in [-0.05, 0) is 12.1 Å². The van der Waals surface area contributed by atoms with Crippen LogP contribution in [-0.4, -0.2) is 6.54 Å². The quantitative estimate of drug-likeness (QED) is 0.685. The number of hydrogen-bond acceptors (Lipinski definition) is 1. The van der Waals surface area contributed by atoms with Crippen LogP contribution in [0.4, 0.5) is 14.5 Å². The maximum Gasteiger partial charge on any atom is 0.160 e. The van der Waals surface area contributed by atoms with Gasteiger partial charge in [-0.25, -0.2) is 8.78 Å². The molecule has 12 heavy (non-hydrogen) atoms. The van der Waals surface area contributed by atoms with Gasteiger partial charge in [-0.3, -0.25) is 0 Å². The summed E-state index contributed by atoms with van der Waals surface area (Å²) in [6, 6.07) is 3.67. The second-order valence-electron chi connectivity index (χ2n) is 2.30. The first-order chi connectivity index (χ1) is 5.74. The van der Waals surface area contributed by atoms with E-state index in [0.717, 1.165) is 12.1 Å². The molecular weight excluding hydrogens is 160 g/mol. The highest BCUT2D eigenvalue weighted by Gasteiger charge is 2.00. The molecule has 0 aliphatic heterocycles. The summed E-state index contributed by atoms with van der Waals surface area (Å²) in [6.45, 7) is 4.02. The zero-order chi connectivity index (χ0) is 8.97. The van der Waals surface area contributed by atoms with E-state index in [2.05, 4.69) is 11.9 Å². The van der Waals surface area contributed by atoms with Crippen molar-refractivity contribution in [3.8, 4) is 0 Å². The topological polar surface area (TPSA) is 12.0 Å². The standard InChI is InChI=1S/C9H9F2N/c1-2-5-12-7-3-4-8(10)9(11)6-7/h2-4,6,12H,1,5H2. The number of rotatable bonds is 3. The Balaban J connectivity index is 2.75. The fourth-order valence-corrected chi connectivity index (χ4v) is 0.796. The maximum absolute atomic E-state index is 12.6. The highest BCUT2D eigenvalue weighted by atomic mass is 19.2. The molecule has 0 bridgehead atoms. The zero-order valence-corrected chi connectivity index (χ0v) is 6.48. The highest BCUT2D eigenvalue weighted by Crippen LogP contribution is 2.12. The van der Waals surface area contributed by atoms with E-state index in [1.54, 1.807) is 6.08 Å². The van der Waals surface area contributed by atoms with Gasteiger partial charge in [0.2, 0.25) is 0 Å². The van der Waals surface area contributed by atoms with Crippen molar-refractivity contribution in [2.75, 3.05) is 11.9 Å². The van der Waals surface area contributed by atoms with Crippen LogP contribution in [0.15, 0.2) is 30.9 Å². The average Bonchev–Trinajstić information content (AvgIpc) is 2.07. The van der Waals surface area contributed by atoms with Crippen LogP contribution in [0.1, 0.15) is 0 Å². The Hall–Kier alpha value is -1.38. The molecular formula is C9H9F2N. The molecule has 0 aliphatic carbocycles. The third-order valence-corrected chi connectivity index (χ3v) is 1.37. The number of nitrogens with one attached hydrogen (secondary N) is 1. The predicted molar refractivity (Wildman–Crippen MR) is 45.0 cm³/mol. The van der Waals surface area contributed by atoms with Crippen LogP contribution in [0.3, 0.4) is 0 Å². The molecule has 1 nitrogen and oxygen atoms in total. The van der Waals surface area contributed by atoms with Gasteiger partial charge in [0.1, 0.15) is 0 Å². The van der Waals surface area contributed by atoms with Crippen molar-refractivity contribution in [3.05, 3.63) is 42.5 Å². The summed E-state index contributed by atoms with van der Waals surface area (Å²) in [5.74, 6) is -1.68. The number of halogens is 2. The van der Waals surface area contributed by atoms with Crippen molar-refractivity contribution in [2.45, 2.75) is 0 Å². The Morgan fingerprint density at radius 2 is 2.08 bits per heavy atom. The summed E-state index contributed by atoms with van der Waals surface area (Å²) in [7, 11) is 0. The van der Waals surface area contributed by atoms with Crippen LogP contribution in [0.5, 0.6) is 0 Å². The molecule has 1 N–H and O–H groups in total. The highest BCUT2D eigenvalue weighted by molar-refractivity contribution is 5.43. The smallest absolute Gasteiger partial charge is 0.160 e. The van der Waals surface area contributed by atoms with Crippen molar-refractivity contribution in [1.82, 2.24) is 0 Å². The summed E-state index contributed by atoms with van der Waals surface area (Å²) >= 11 is 0. The zero-order valence-electron chi connectivity index (χ0n) is 6.48. The van der Waals surface area contributed by atoms with Crippen LogP contribution in [0.2, 0.25) is 0 Å². The van der Waals surface area contributed by atoms with E-state index in [0.29, 0.717) is 12.2 Å². The van der Waals surface area contributed by atoms with Gasteiger partial charge in [0.15, 0.2) is 11.6 Å². The van der Waals surface area contributed by atoms with Crippen molar-refractivity contribution in [2.24, 2.45) is 0 Å². The molecule has 0 atom stereocenters. The molecule has 0 saturated carbocycles. The largest absolute Gasteiger partial charge is 0.381 e. The molecule has 1 rings (SSSR count). The predicted octanol–water partition coefficient (Wildman–Crippen LogP) is 2.56. The van der Waals surface area contributed by atoms with Gasteiger partial charge in [0.25, 0.3) is 0 Å². The fourth-order valence-electron chi connectivity index (χ4n) is 0.796. The van der Waals surface area contributed by atoms with Crippen LogP contribution >= 0.6 is 0 Å². The van der Waals surface area contributed by atoms with Crippen molar-refractivity contribution in [1.29, 1.82) is 0 Å². The summed E-state index contributed by atoms with van der Waals surface area (Å²) in [6.07, 6.45) is 1.64. The lowest BCUT2D eigenvalue weighted by Gasteiger charge is -2.02. The lowest BCUT2D eigenvalue weighted by atomic mass is 10.3. The average molecular weight is 169 g/mol. The van der Waals surface area contributed by atoms with Crippen LogP contribution in [0, 0.1) is 11.6 Å². The molecule has 64 valence electrons. The molecule has 0 heterocycles. The van der Waals surface area contributed by atoms with E-state index in [-0.39, 0.29) is 0 Å². The molecule has 1 aromatic carbocycles. The number of anilines is 1. The molecule has 3 heteroatoms. The summed E-state index contributed by atoms with van der Waals surface area (Å²) in [4.78, 5) is 0. The Kier molecular flexibility index (Phi) is 2.80. The third-order valence-electron chi connectivity index (χ3n) is 1.37. The fraction of sp³-hybridized carbons (Fsp3) is 0.111. The first-order valence-electron chi connectivity index (χ1n) is 3.54. The Morgan fingerprint density at radius 1 is 1.33 bits per heavy atom. The van der Waals surface area contributed by atoms with Gasteiger partial charge in [0.05, 0.1) is 0 Å². The van der Waals surface area contributed by atoms with E-state index in [9.17, 15) is 8.78 Å². The molecule has 1 aromatic rings. The third kappa shape index (κ3) is 2.05. The summed E-state index contributed by atoms with van der Waals surface area (Å²) in [5.41, 5.74) is 0.550. The van der Waals surface area contributed by atoms with Crippen LogP contribution in [-0.2, 0) is 0 Å². The summed E-state index contributed by atoms with van der Waals surface area (Å²) < 4.78 is 25.0. The van der Waals surface area contributed by atoms with Gasteiger partial charge >= 0.3 is 0 Å². The monoisotopic (exact) mass is 169 g/mol. The second kappa shape index (κ2) is 3.85. The van der Waals surface area contributed by atoms with Gasteiger partial charge in [0, 0.05) is 18.3 Å². The van der Waals surface area contributed by atoms with Crippen LogP contribution < -0.4 is 5.32 Å². The first kappa shape index (κ1) is 8.71. The molecule has 0 aromatic heterocycles. The lowest BCUT2D eigenvalue weighted by Crippen LogP contribution is -1.98. The van der Waals surface area contributed by atoms with Crippen molar-refractivity contribution < 1.29 is 8.78 Å². The Bertz CT molecular complexity index is 284. The molecule has 0 saturated heterocycles. The second-order valence-corrected chi connectivity index (χ2v) is 2.30. The minimum Gasteiger partial charge on any atom is -0.381 e. The van der Waals surface area contributed by atoms with E-state index >= 15 is 0 Å². The number of hydrogen-bond donors (Lipinski definition) is 1. The van der Waals surface area contributed by atoms with E-state index in [1.807, 2.05) is 0 Å². The molecule has 0 aliphatic rings. The summed E-state index contributed by atoms with van der Waals surface area (Å²) in [5, 5.41) is 2.84. The lowest BCUT2D eigenvalue weighted by molar-refractivity contribution is 0.509. The molecule has 0 amide bonds. The Labute approximate surface area is 69.7 Å². The molecule has 0 unspecified atom stereocenters. The van der Waals surface area contributed by atoms with Gasteiger partial charge in [-0.15, -0.1) is 6.58 Å². The molecule has 0 fully saturated rings. The minimum atomic E-state index is -0.843. The van der Waals surface area contributed by atoms with E-state index in [4.69, 9.17) is 0 Å². The molecule has 0 spiro atoms. The Morgan fingerprint density at radius 3 is 2.67 bits per heavy atom. The minimum absolute atomic E-state index is 0.533. The maximum atomic E-state index is 12.6. The van der Waals surface area contributed by atoms with E-state index < -0.39 is 11.6 Å². The van der Waals surface area contributed by atoms with Gasteiger partial charge in [-0.1, -0.05) is 6.08 Å². The normalized spacial score (nSPS) is 9.50. The van der Waals surface area contributed by atoms with Gasteiger partial charge < -0.3 is 5.32 Å². The van der Waals surface area contributed by atoms with Gasteiger partial charge in [-0.2, -0.15) is 0 Å². The molecule has 0 radical (unpaired) electrons. The van der Waals surface area contributed by atoms with Crippen LogP contribution in [0.25, 0.3) is 0 Å². The van der Waals surface area contributed by atoms with Crippen molar-refractivity contribution >= 4 is 5.69 Å². The van der Waals surface area contributed by atoms with Crippen molar-refractivity contribution in [3.63, 3.8) is 0 Å². The first-order valence-corrected chi connectivity index (χ1v) is 3.54. The number of benzene rings is 1. The van der Waals surface area contributed by atoms with E-state index in [1.165, 1.54) is 6.07 Å². The SMILES string of the molecule is C=CCNc1ccc(F)c(F)c1.